The molecule has 23 heavy (non-hydrogen) atoms. The van der Waals surface area contributed by atoms with Gasteiger partial charge in [-0.15, -0.1) is 6.58 Å². The Kier molecular flexibility index (Phi) is 7.16. The summed E-state index contributed by atoms with van der Waals surface area (Å²) in [5, 5.41) is 38.4. The topological polar surface area (TPSA) is 116 Å². The van der Waals surface area contributed by atoms with Crippen molar-refractivity contribution in [2.24, 2.45) is 5.92 Å². The Morgan fingerprint density at radius 2 is 1.96 bits per heavy atom. The molecule has 0 aromatic carbocycles. The second-order valence-corrected chi connectivity index (χ2v) is 6.45. The minimum Gasteiger partial charge on any atom is -0.481 e. The van der Waals surface area contributed by atoms with Gasteiger partial charge in [-0.2, -0.15) is 0 Å². The number of carbonyl (C=O) groups is 1. The summed E-state index contributed by atoms with van der Waals surface area (Å²) in [6.07, 6.45) is -2.54. The highest BCUT2D eigenvalue weighted by Gasteiger charge is 2.44. The van der Waals surface area contributed by atoms with E-state index in [0.29, 0.717) is 19.3 Å². The summed E-state index contributed by atoms with van der Waals surface area (Å²) in [6, 6.07) is 0. The summed E-state index contributed by atoms with van der Waals surface area (Å²) in [6.45, 7) is 8.69. The van der Waals surface area contributed by atoms with Gasteiger partial charge in [-0.25, -0.2) is 0 Å². The average molecular weight is 332 g/mol. The third-order valence-electron chi connectivity index (χ3n) is 4.36. The van der Waals surface area contributed by atoms with Gasteiger partial charge < -0.3 is 29.9 Å². The fourth-order valence-corrected chi connectivity index (χ4v) is 2.47. The van der Waals surface area contributed by atoms with E-state index in [-0.39, 0.29) is 0 Å². The number of carboxylic acid groups (broad SMARTS) is 1. The van der Waals surface area contributed by atoms with Crippen molar-refractivity contribution in [2.45, 2.75) is 76.3 Å². The zero-order chi connectivity index (χ0) is 17.8. The fraction of sp³-hybridized carbons (Fsp3) is 0.812. The maximum Gasteiger partial charge on any atom is 0.306 e. The molecule has 1 fully saturated rings. The molecule has 134 valence electrons. The lowest BCUT2D eigenvalue weighted by Crippen LogP contribution is -2.58. The van der Waals surface area contributed by atoms with Crippen molar-refractivity contribution in [1.82, 2.24) is 0 Å². The smallest absolute Gasteiger partial charge is 0.306 e. The van der Waals surface area contributed by atoms with E-state index in [1.165, 1.54) is 0 Å². The van der Waals surface area contributed by atoms with Crippen LogP contribution >= 0.6 is 0 Å². The number of rotatable bonds is 8. The molecule has 0 bridgehead atoms. The van der Waals surface area contributed by atoms with Gasteiger partial charge in [0.05, 0.1) is 17.6 Å². The maximum absolute atomic E-state index is 10.8. The predicted molar refractivity (Wildman–Crippen MR) is 82.7 cm³/mol. The molecule has 1 saturated heterocycles. The Balaban J connectivity index is 2.63. The summed E-state index contributed by atoms with van der Waals surface area (Å²) in [4.78, 5) is 10.8. The van der Waals surface area contributed by atoms with E-state index in [4.69, 9.17) is 14.6 Å². The molecule has 1 heterocycles. The first-order chi connectivity index (χ1) is 10.6. The molecule has 7 atom stereocenters. The first kappa shape index (κ1) is 20.1. The third kappa shape index (κ3) is 5.26. The van der Waals surface area contributed by atoms with E-state index in [1.54, 1.807) is 26.8 Å². The maximum atomic E-state index is 10.8. The van der Waals surface area contributed by atoms with Crippen LogP contribution in [0.2, 0.25) is 0 Å². The van der Waals surface area contributed by atoms with Crippen molar-refractivity contribution < 1.29 is 34.7 Å². The average Bonchev–Trinajstić information content (AvgIpc) is 2.50. The second kappa shape index (κ2) is 8.21. The van der Waals surface area contributed by atoms with Crippen LogP contribution in [0.25, 0.3) is 0 Å². The first-order valence-electron chi connectivity index (χ1n) is 7.85. The quantitative estimate of drug-likeness (QED) is 0.483. The van der Waals surface area contributed by atoms with Gasteiger partial charge in [0, 0.05) is 0 Å². The lowest BCUT2D eigenvalue weighted by Gasteiger charge is -2.42. The highest BCUT2D eigenvalue weighted by molar-refractivity contribution is 5.69. The number of hydrogen-bond acceptors (Lipinski definition) is 6. The number of aliphatic hydroxyl groups excluding tert-OH is 3. The minimum atomic E-state index is -1.38. The van der Waals surface area contributed by atoms with Gasteiger partial charge in [-0.05, 0) is 33.1 Å². The molecule has 0 amide bonds. The zero-order valence-electron chi connectivity index (χ0n) is 13.9. The van der Waals surface area contributed by atoms with Gasteiger partial charge in [0.1, 0.15) is 18.3 Å². The van der Waals surface area contributed by atoms with Crippen LogP contribution in [0.15, 0.2) is 12.7 Å². The van der Waals surface area contributed by atoms with E-state index >= 15 is 0 Å². The molecule has 7 heteroatoms. The summed E-state index contributed by atoms with van der Waals surface area (Å²) in [7, 11) is 0. The Hall–Kier alpha value is -0.990. The molecule has 0 aromatic heterocycles. The van der Waals surface area contributed by atoms with E-state index in [0.717, 1.165) is 0 Å². The molecule has 0 aromatic rings. The number of aliphatic hydroxyl groups is 3. The standard InChI is InChI=1S/C16H28O7/c1-5-16(4,8-6-7-9(2)14(20)21)23-15-13(19)12(18)11(17)10(3)22-15/h5,9-13,15,17-19H,1,6-8H2,2-4H3,(H,20,21)/t9?,10-,11-,12+,13-,15+,16?/m1/s1. The van der Waals surface area contributed by atoms with Crippen LogP contribution in [-0.4, -0.2) is 62.7 Å². The molecule has 0 aliphatic carbocycles. The summed E-state index contributed by atoms with van der Waals surface area (Å²) >= 11 is 0. The van der Waals surface area contributed by atoms with Crippen molar-refractivity contribution in [2.75, 3.05) is 0 Å². The molecule has 0 saturated carbocycles. The zero-order valence-corrected chi connectivity index (χ0v) is 13.9. The molecule has 4 N–H and O–H groups in total. The summed E-state index contributed by atoms with van der Waals surface area (Å²) < 4.78 is 11.2. The molecule has 0 radical (unpaired) electrons. The normalized spacial score (nSPS) is 35.3. The van der Waals surface area contributed by atoms with Crippen LogP contribution in [0.5, 0.6) is 0 Å². The van der Waals surface area contributed by atoms with Crippen molar-refractivity contribution in [3.63, 3.8) is 0 Å². The minimum absolute atomic E-state index is 0.447. The highest BCUT2D eigenvalue weighted by atomic mass is 16.7. The fourth-order valence-electron chi connectivity index (χ4n) is 2.47. The van der Waals surface area contributed by atoms with Gasteiger partial charge in [0.15, 0.2) is 6.29 Å². The van der Waals surface area contributed by atoms with Crippen LogP contribution in [0.3, 0.4) is 0 Å². The summed E-state index contributed by atoms with van der Waals surface area (Å²) in [5.74, 6) is -1.29. The number of ether oxygens (including phenoxy) is 2. The van der Waals surface area contributed by atoms with E-state index < -0.39 is 48.2 Å². The van der Waals surface area contributed by atoms with Gasteiger partial charge >= 0.3 is 5.97 Å². The van der Waals surface area contributed by atoms with E-state index in [9.17, 15) is 20.1 Å². The SMILES string of the molecule is C=CC(C)(CCCC(C)C(=O)O)O[C@@H]1O[C@H](C)[C@@H](O)[C@H](O)[C@H]1O. The molecule has 1 aliphatic heterocycles. The van der Waals surface area contributed by atoms with Crippen LogP contribution < -0.4 is 0 Å². The van der Waals surface area contributed by atoms with Gasteiger partial charge in [0.25, 0.3) is 0 Å². The van der Waals surface area contributed by atoms with E-state index in [1.807, 2.05) is 0 Å². The number of carboxylic acids is 1. The van der Waals surface area contributed by atoms with Crippen molar-refractivity contribution >= 4 is 5.97 Å². The third-order valence-corrected chi connectivity index (χ3v) is 4.36. The van der Waals surface area contributed by atoms with Crippen molar-refractivity contribution in [1.29, 1.82) is 0 Å². The molecule has 0 spiro atoms. The number of hydrogen-bond donors (Lipinski definition) is 4. The van der Waals surface area contributed by atoms with Crippen molar-refractivity contribution in [3.05, 3.63) is 12.7 Å². The van der Waals surface area contributed by atoms with Gasteiger partial charge in [0.2, 0.25) is 0 Å². The van der Waals surface area contributed by atoms with Crippen LogP contribution in [0.4, 0.5) is 0 Å². The molecule has 1 aliphatic rings. The van der Waals surface area contributed by atoms with E-state index in [2.05, 4.69) is 6.58 Å². The largest absolute Gasteiger partial charge is 0.481 e. The Morgan fingerprint density at radius 1 is 1.35 bits per heavy atom. The van der Waals surface area contributed by atoms with Crippen LogP contribution in [0, 0.1) is 5.92 Å². The van der Waals surface area contributed by atoms with Crippen molar-refractivity contribution in [3.8, 4) is 0 Å². The van der Waals surface area contributed by atoms with Gasteiger partial charge in [-0.1, -0.05) is 13.0 Å². The lowest BCUT2D eigenvalue weighted by atomic mass is 9.94. The second-order valence-electron chi connectivity index (χ2n) is 6.45. The first-order valence-corrected chi connectivity index (χ1v) is 7.85. The monoisotopic (exact) mass is 332 g/mol. The summed E-state index contributed by atoms with van der Waals surface area (Å²) in [5.41, 5.74) is -0.842. The Bertz CT molecular complexity index is 413. The Labute approximate surface area is 136 Å². The highest BCUT2D eigenvalue weighted by Crippen LogP contribution is 2.29. The predicted octanol–water partition coefficient (Wildman–Crippen LogP) is 0.666. The Morgan fingerprint density at radius 3 is 2.48 bits per heavy atom. The number of aliphatic carboxylic acids is 1. The van der Waals surface area contributed by atoms with Crippen LogP contribution in [-0.2, 0) is 14.3 Å². The lowest BCUT2D eigenvalue weighted by molar-refractivity contribution is -0.313. The molecule has 7 nitrogen and oxygen atoms in total. The molecular weight excluding hydrogens is 304 g/mol. The molecular formula is C16H28O7. The molecule has 1 rings (SSSR count). The molecule has 2 unspecified atom stereocenters. The van der Waals surface area contributed by atoms with Crippen LogP contribution in [0.1, 0.15) is 40.0 Å². The van der Waals surface area contributed by atoms with Gasteiger partial charge in [-0.3, -0.25) is 4.79 Å².